The van der Waals surface area contributed by atoms with Gasteiger partial charge in [0.1, 0.15) is 5.75 Å². The van der Waals surface area contributed by atoms with Gasteiger partial charge in [-0.15, -0.1) is 0 Å². The topological polar surface area (TPSA) is 133 Å². The van der Waals surface area contributed by atoms with Crippen LogP contribution < -0.4 is 15.8 Å². The SMILES string of the molecule is COC(=O)CC1CCN(C(=O)N[C@H]2CCc3c(-c4noc(-c5ccc(OC(C)C)c(N)c5)n4)cccc32)CC1. The minimum Gasteiger partial charge on any atom is -0.489 e. The summed E-state index contributed by atoms with van der Waals surface area (Å²) in [7, 11) is 1.41. The van der Waals surface area contributed by atoms with Crippen molar-refractivity contribution in [3.8, 4) is 28.6 Å². The van der Waals surface area contributed by atoms with Crippen molar-refractivity contribution in [3.05, 3.63) is 47.5 Å². The minimum atomic E-state index is -0.191. The number of likely N-dealkylation sites (tertiary alicyclic amines) is 1. The average Bonchev–Trinajstić information content (AvgIpc) is 3.58. The maximum absolute atomic E-state index is 13.0. The van der Waals surface area contributed by atoms with Gasteiger partial charge >= 0.3 is 12.0 Å². The van der Waals surface area contributed by atoms with Gasteiger partial charge in [0.15, 0.2) is 0 Å². The quantitative estimate of drug-likeness (QED) is 0.329. The highest BCUT2D eigenvalue weighted by Crippen LogP contribution is 2.38. The van der Waals surface area contributed by atoms with Crippen molar-refractivity contribution in [2.45, 2.75) is 58.1 Å². The Morgan fingerprint density at radius 2 is 1.97 bits per heavy atom. The van der Waals surface area contributed by atoms with Crippen molar-refractivity contribution in [1.29, 1.82) is 0 Å². The minimum absolute atomic E-state index is 0.0205. The molecule has 3 aromatic rings. The first-order valence-corrected chi connectivity index (χ1v) is 13.5. The monoisotopic (exact) mass is 533 g/mol. The number of urea groups is 1. The molecule has 1 aromatic heterocycles. The Balaban J connectivity index is 1.26. The van der Waals surface area contributed by atoms with E-state index in [-0.39, 0.29) is 30.1 Å². The molecule has 0 radical (unpaired) electrons. The summed E-state index contributed by atoms with van der Waals surface area (Å²) in [6.45, 7) is 5.16. The number of anilines is 1. The fourth-order valence-electron chi connectivity index (χ4n) is 5.41. The number of ether oxygens (including phenoxy) is 2. The van der Waals surface area contributed by atoms with Crippen LogP contribution in [0.2, 0.25) is 0 Å². The van der Waals surface area contributed by atoms with Crippen LogP contribution in [0.5, 0.6) is 5.75 Å². The number of methoxy groups -OCH3 is 1. The lowest BCUT2D eigenvalue weighted by molar-refractivity contribution is -0.142. The van der Waals surface area contributed by atoms with Crippen LogP contribution in [0.25, 0.3) is 22.8 Å². The van der Waals surface area contributed by atoms with Gasteiger partial charge in [0, 0.05) is 30.6 Å². The number of aromatic nitrogens is 2. The number of nitrogens with zero attached hydrogens (tertiary/aromatic N) is 3. The van der Waals surface area contributed by atoms with Crippen LogP contribution in [0.3, 0.4) is 0 Å². The molecule has 39 heavy (non-hydrogen) atoms. The van der Waals surface area contributed by atoms with E-state index in [9.17, 15) is 9.59 Å². The number of hydrogen-bond donors (Lipinski definition) is 2. The number of amides is 2. The molecule has 0 unspecified atom stereocenters. The fourth-order valence-corrected chi connectivity index (χ4v) is 5.41. The molecule has 10 heteroatoms. The van der Waals surface area contributed by atoms with E-state index in [1.165, 1.54) is 7.11 Å². The molecule has 1 atom stereocenters. The maximum atomic E-state index is 13.0. The van der Waals surface area contributed by atoms with E-state index in [4.69, 9.17) is 19.7 Å². The summed E-state index contributed by atoms with van der Waals surface area (Å²) < 4.78 is 16.1. The van der Waals surface area contributed by atoms with Crippen molar-refractivity contribution in [3.63, 3.8) is 0 Å². The lowest BCUT2D eigenvalue weighted by atomic mass is 9.94. The van der Waals surface area contributed by atoms with Gasteiger partial charge in [-0.05, 0) is 74.8 Å². The number of carbonyl (C=O) groups excluding carboxylic acids is 2. The normalized spacial score (nSPS) is 17.2. The average molecular weight is 534 g/mol. The Kier molecular flexibility index (Phi) is 7.72. The molecule has 5 rings (SSSR count). The van der Waals surface area contributed by atoms with E-state index < -0.39 is 0 Å². The second-order valence-electron chi connectivity index (χ2n) is 10.5. The van der Waals surface area contributed by atoms with Crippen LogP contribution in [0.1, 0.15) is 56.7 Å². The molecule has 1 saturated heterocycles. The van der Waals surface area contributed by atoms with Gasteiger partial charge in [0.05, 0.1) is 24.9 Å². The van der Waals surface area contributed by atoms with Crippen LogP contribution in [0, 0.1) is 5.92 Å². The first kappa shape index (κ1) is 26.5. The van der Waals surface area contributed by atoms with Crippen molar-refractivity contribution in [2.24, 2.45) is 5.92 Å². The molecule has 2 heterocycles. The third-order valence-corrected chi connectivity index (χ3v) is 7.44. The number of nitrogens with one attached hydrogen (secondary N) is 1. The summed E-state index contributed by atoms with van der Waals surface area (Å²) in [6.07, 6.45) is 3.63. The molecule has 1 fully saturated rings. The highest BCUT2D eigenvalue weighted by atomic mass is 16.5. The third kappa shape index (κ3) is 5.84. The molecule has 2 amide bonds. The van der Waals surface area contributed by atoms with E-state index in [1.54, 1.807) is 6.07 Å². The molecule has 2 aliphatic rings. The van der Waals surface area contributed by atoms with E-state index in [0.29, 0.717) is 42.7 Å². The number of esters is 1. The van der Waals surface area contributed by atoms with Gasteiger partial charge in [-0.25, -0.2) is 4.79 Å². The first-order chi connectivity index (χ1) is 18.8. The van der Waals surface area contributed by atoms with Gasteiger partial charge in [0.2, 0.25) is 5.82 Å². The Labute approximate surface area is 227 Å². The summed E-state index contributed by atoms with van der Waals surface area (Å²) in [6, 6.07) is 11.3. The molecule has 1 aliphatic heterocycles. The first-order valence-electron chi connectivity index (χ1n) is 13.5. The van der Waals surface area contributed by atoms with Crippen molar-refractivity contribution >= 4 is 17.7 Å². The number of benzene rings is 2. The number of carbonyl (C=O) groups is 2. The number of nitrogen functional groups attached to an aromatic ring is 1. The highest BCUT2D eigenvalue weighted by Gasteiger charge is 2.30. The standard InChI is InChI=1S/C29H35N5O5/c1-17(2)38-25-10-7-19(16-23(25)30)28-32-27(33-39-28)22-6-4-5-21-20(22)8-9-24(21)31-29(36)34-13-11-18(12-14-34)15-26(35)37-3/h4-7,10,16-18,24H,8-9,11-15,30H2,1-3H3,(H,31,36)/t24-/m0/s1. The van der Waals surface area contributed by atoms with E-state index in [1.807, 2.05) is 43.0 Å². The maximum Gasteiger partial charge on any atom is 0.317 e. The fraction of sp³-hybridized carbons (Fsp3) is 0.448. The summed E-state index contributed by atoms with van der Waals surface area (Å²) in [5.74, 6) is 1.57. The second-order valence-corrected chi connectivity index (χ2v) is 10.5. The van der Waals surface area contributed by atoms with Crippen LogP contribution in [0.15, 0.2) is 40.9 Å². The predicted molar refractivity (Wildman–Crippen MR) is 146 cm³/mol. The Hall–Kier alpha value is -4.08. The number of rotatable bonds is 7. The van der Waals surface area contributed by atoms with Crippen LogP contribution in [0.4, 0.5) is 10.5 Å². The van der Waals surface area contributed by atoms with Crippen molar-refractivity contribution in [2.75, 3.05) is 25.9 Å². The van der Waals surface area contributed by atoms with Crippen LogP contribution in [-0.4, -0.2) is 53.3 Å². The number of nitrogens with two attached hydrogens (primary N) is 1. The predicted octanol–water partition coefficient (Wildman–Crippen LogP) is 4.75. The van der Waals surface area contributed by atoms with E-state index in [2.05, 4.69) is 21.5 Å². The molecule has 0 bridgehead atoms. The third-order valence-electron chi connectivity index (χ3n) is 7.44. The molecule has 10 nitrogen and oxygen atoms in total. The Morgan fingerprint density at radius 1 is 1.18 bits per heavy atom. The van der Waals surface area contributed by atoms with Gasteiger partial charge in [-0.3, -0.25) is 4.79 Å². The smallest absolute Gasteiger partial charge is 0.317 e. The molecule has 1 aliphatic carbocycles. The zero-order valence-corrected chi connectivity index (χ0v) is 22.6. The Bertz CT molecular complexity index is 1350. The van der Waals surface area contributed by atoms with E-state index >= 15 is 0 Å². The van der Waals surface area contributed by atoms with Crippen molar-refractivity contribution < 1.29 is 23.6 Å². The number of piperidine rings is 1. The van der Waals surface area contributed by atoms with Crippen LogP contribution in [-0.2, 0) is 16.0 Å². The second kappa shape index (κ2) is 11.3. The lowest BCUT2D eigenvalue weighted by Crippen LogP contribution is -2.45. The molecule has 3 N–H and O–H groups in total. The lowest BCUT2D eigenvalue weighted by Gasteiger charge is -2.32. The Morgan fingerprint density at radius 3 is 2.69 bits per heavy atom. The zero-order valence-electron chi connectivity index (χ0n) is 22.6. The van der Waals surface area contributed by atoms with Crippen LogP contribution >= 0.6 is 0 Å². The van der Waals surface area contributed by atoms with Gasteiger partial charge < -0.3 is 29.9 Å². The van der Waals surface area contributed by atoms with E-state index in [0.717, 1.165) is 47.9 Å². The van der Waals surface area contributed by atoms with Gasteiger partial charge in [0.25, 0.3) is 5.89 Å². The molecule has 2 aromatic carbocycles. The summed E-state index contributed by atoms with van der Waals surface area (Å²) >= 11 is 0. The van der Waals surface area contributed by atoms with Gasteiger partial charge in [-0.1, -0.05) is 23.4 Å². The van der Waals surface area contributed by atoms with Crippen molar-refractivity contribution in [1.82, 2.24) is 20.4 Å². The zero-order chi connectivity index (χ0) is 27.5. The molecular formula is C29H35N5O5. The summed E-state index contributed by atoms with van der Waals surface area (Å²) in [4.78, 5) is 31.1. The number of hydrogen-bond acceptors (Lipinski definition) is 8. The summed E-state index contributed by atoms with van der Waals surface area (Å²) in [5, 5.41) is 7.46. The highest BCUT2D eigenvalue weighted by molar-refractivity contribution is 5.76. The largest absolute Gasteiger partial charge is 0.489 e. The molecule has 0 saturated carbocycles. The summed E-state index contributed by atoms with van der Waals surface area (Å²) in [5.41, 5.74) is 10.5. The molecule has 206 valence electrons. The molecular weight excluding hydrogens is 498 g/mol. The van der Waals surface area contributed by atoms with Gasteiger partial charge in [-0.2, -0.15) is 4.98 Å². The molecule has 0 spiro atoms. The number of fused-ring (bicyclic) bond motifs is 1.